The van der Waals surface area contributed by atoms with E-state index in [9.17, 15) is 4.79 Å². The van der Waals surface area contributed by atoms with E-state index in [1.165, 1.54) is 18.5 Å². The summed E-state index contributed by atoms with van der Waals surface area (Å²) < 4.78 is 0. The van der Waals surface area contributed by atoms with Crippen molar-refractivity contribution in [1.82, 2.24) is 30.8 Å². The first-order valence-corrected chi connectivity index (χ1v) is 9.28. The molecular formula is C19H28N8O2. The molecule has 2 aromatic rings. The van der Waals surface area contributed by atoms with Crippen LogP contribution in [0.4, 0.5) is 11.6 Å². The van der Waals surface area contributed by atoms with Crippen LogP contribution in [0.5, 0.6) is 0 Å². The lowest BCUT2D eigenvalue weighted by molar-refractivity contribution is 0.111. The van der Waals surface area contributed by atoms with Crippen molar-refractivity contribution in [2.24, 2.45) is 0 Å². The fraction of sp³-hybridized carbons (Fsp3) is 0.474. The van der Waals surface area contributed by atoms with Gasteiger partial charge in [-0.15, -0.1) is 10.2 Å². The van der Waals surface area contributed by atoms with Gasteiger partial charge in [0, 0.05) is 6.04 Å². The van der Waals surface area contributed by atoms with Gasteiger partial charge in [0.05, 0.1) is 18.5 Å². The summed E-state index contributed by atoms with van der Waals surface area (Å²) in [7, 11) is 5.74. The molecule has 0 aliphatic heterocycles. The standard InChI is InChI=1S/C10H6N6O.C7H15NO.C2H7N/c11-3-8-4-13-10(5-12-8)14-9-2-1-7(6-17)15-16-9;1-8-6-2-4-7(9)5-3-6;1-3-2/h1-2,4-6H,(H,13,14,16);6-9H,2-5H2,1H3;3H,1-2H3. The van der Waals surface area contributed by atoms with Gasteiger partial charge in [-0.1, -0.05) is 0 Å². The average molecular weight is 400 g/mol. The van der Waals surface area contributed by atoms with Crippen LogP contribution in [-0.4, -0.2) is 64.8 Å². The summed E-state index contributed by atoms with van der Waals surface area (Å²) in [6.07, 6.45) is 7.57. The van der Waals surface area contributed by atoms with E-state index in [1.807, 2.05) is 27.2 Å². The Morgan fingerprint density at radius 3 is 2.21 bits per heavy atom. The summed E-state index contributed by atoms with van der Waals surface area (Å²) in [5.41, 5.74) is 0.486. The third-order valence-electron chi connectivity index (χ3n) is 3.93. The van der Waals surface area contributed by atoms with Gasteiger partial charge in [0.25, 0.3) is 0 Å². The van der Waals surface area contributed by atoms with Crippen molar-refractivity contribution >= 4 is 17.9 Å². The molecule has 0 saturated heterocycles. The SMILES string of the molecule is CNC.CNC1CCC(O)CC1.N#Cc1cnc(Nc2ccc(C=O)nn2)cn1. The summed E-state index contributed by atoms with van der Waals surface area (Å²) >= 11 is 0. The zero-order chi connectivity index (χ0) is 21.5. The Morgan fingerprint density at radius 1 is 1.07 bits per heavy atom. The summed E-state index contributed by atoms with van der Waals surface area (Å²) in [5, 5.41) is 33.8. The molecule has 0 atom stereocenters. The van der Waals surface area contributed by atoms with Crippen LogP contribution in [0, 0.1) is 11.3 Å². The first kappa shape index (κ1) is 24.0. The number of aliphatic hydroxyl groups excluding tert-OH is 1. The van der Waals surface area contributed by atoms with Gasteiger partial charge in [0.15, 0.2) is 17.8 Å². The molecule has 0 unspecified atom stereocenters. The molecule has 10 nitrogen and oxygen atoms in total. The maximum atomic E-state index is 10.4. The number of carbonyl (C=O) groups excluding carboxylic acids is 1. The molecule has 156 valence electrons. The summed E-state index contributed by atoms with van der Waals surface area (Å²) in [6.45, 7) is 0. The molecule has 0 radical (unpaired) electrons. The van der Waals surface area contributed by atoms with Crippen LogP contribution < -0.4 is 16.0 Å². The quantitative estimate of drug-likeness (QED) is 0.548. The third kappa shape index (κ3) is 9.66. The van der Waals surface area contributed by atoms with Gasteiger partial charge >= 0.3 is 0 Å². The molecule has 1 aliphatic rings. The average Bonchev–Trinajstić information content (AvgIpc) is 2.76. The molecule has 1 aliphatic carbocycles. The van der Waals surface area contributed by atoms with E-state index >= 15 is 0 Å². The maximum absolute atomic E-state index is 10.4. The first-order valence-electron chi connectivity index (χ1n) is 9.28. The zero-order valence-electron chi connectivity index (χ0n) is 17.0. The lowest BCUT2D eigenvalue weighted by Gasteiger charge is -2.24. The number of hydrogen-bond donors (Lipinski definition) is 4. The highest BCUT2D eigenvalue weighted by Gasteiger charge is 2.16. The van der Waals surface area contributed by atoms with Gasteiger partial charge in [-0.05, 0) is 59.0 Å². The predicted octanol–water partition coefficient (Wildman–Crippen LogP) is 1.04. The van der Waals surface area contributed by atoms with Gasteiger partial charge in [-0.25, -0.2) is 9.97 Å². The third-order valence-corrected chi connectivity index (χ3v) is 3.93. The molecule has 1 fully saturated rings. The van der Waals surface area contributed by atoms with Crippen molar-refractivity contribution in [3.05, 3.63) is 35.9 Å². The molecule has 0 amide bonds. The second-order valence-corrected chi connectivity index (χ2v) is 6.28. The van der Waals surface area contributed by atoms with Crippen molar-refractivity contribution in [2.75, 3.05) is 26.5 Å². The number of aromatic nitrogens is 4. The zero-order valence-corrected chi connectivity index (χ0v) is 17.0. The fourth-order valence-electron chi connectivity index (χ4n) is 2.42. The Bertz CT molecular complexity index is 738. The van der Waals surface area contributed by atoms with Crippen LogP contribution in [0.2, 0.25) is 0 Å². The topological polar surface area (TPSA) is 149 Å². The van der Waals surface area contributed by atoms with Crippen molar-refractivity contribution in [1.29, 1.82) is 5.26 Å². The van der Waals surface area contributed by atoms with Gasteiger partial charge in [-0.3, -0.25) is 4.79 Å². The molecule has 2 heterocycles. The molecular weight excluding hydrogens is 372 g/mol. The molecule has 10 heteroatoms. The minimum Gasteiger partial charge on any atom is -0.393 e. The van der Waals surface area contributed by atoms with E-state index < -0.39 is 0 Å². The van der Waals surface area contributed by atoms with E-state index in [1.54, 1.807) is 6.07 Å². The van der Waals surface area contributed by atoms with Crippen LogP contribution in [-0.2, 0) is 0 Å². The Balaban J connectivity index is 0.000000294. The van der Waals surface area contributed by atoms with E-state index in [0.717, 1.165) is 25.7 Å². The minimum absolute atomic E-state index is 0.0189. The van der Waals surface area contributed by atoms with E-state index in [-0.39, 0.29) is 17.5 Å². The summed E-state index contributed by atoms with van der Waals surface area (Å²) in [5.74, 6) is 0.881. The predicted molar refractivity (Wildman–Crippen MR) is 110 cm³/mol. The number of hydrogen-bond acceptors (Lipinski definition) is 10. The van der Waals surface area contributed by atoms with Crippen LogP contribution in [0.15, 0.2) is 24.5 Å². The molecule has 0 aromatic carbocycles. The normalized spacial score (nSPS) is 17.5. The highest BCUT2D eigenvalue weighted by Crippen LogP contribution is 2.17. The van der Waals surface area contributed by atoms with Crippen LogP contribution in [0.1, 0.15) is 41.9 Å². The van der Waals surface area contributed by atoms with Gasteiger partial charge in [-0.2, -0.15) is 5.26 Å². The fourth-order valence-corrected chi connectivity index (χ4v) is 2.42. The van der Waals surface area contributed by atoms with E-state index in [4.69, 9.17) is 10.4 Å². The van der Waals surface area contributed by atoms with Crippen LogP contribution in [0.3, 0.4) is 0 Å². The monoisotopic (exact) mass is 400 g/mol. The van der Waals surface area contributed by atoms with Crippen molar-refractivity contribution in [2.45, 2.75) is 37.8 Å². The number of aliphatic hydroxyl groups is 1. The van der Waals surface area contributed by atoms with E-state index in [2.05, 4.69) is 36.1 Å². The Kier molecular flexibility index (Phi) is 11.7. The number of aldehydes is 1. The van der Waals surface area contributed by atoms with Gasteiger partial charge < -0.3 is 21.1 Å². The summed E-state index contributed by atoms with van der Waals surface area (Å²) in [4.78, 5) is 18.2. The second-order valence-electron chi connectivity index (χ2n) is 6.28. The minimum atomic E-state index is -0.0189. The number of anilines is 2. The molecule has 1 saturated carbocycles. The molecule has 3 rings (SSSR count). The highest BCUT2D eigenvalue weighted by molar-refractivity contribution is 5.71. The van der Waals surface area contributed by atoms with E-state index in [0.29, 0.717) is 24.0 Å². The molecule has 29 heavy (non-hydrogen) atoms. The number of rotatable bonds is 4. The highest BCUT2D eigenvalue weighted by atomic mass is 16.3. The summed E-state index contributed by atoms with van der Waals surface area (Å²) in [6, 6.07) is 5.65. The number of nitriles is 1. The smallest absolute Gasteiger partial charge is 0.170 e. The molecule has 0 bridgehead atoms. The van der Waals surface area contributed by atoms with Gasteiger partial charge in [0.1, 0.15) is 17.6 Å². The number of carbonyl (C=O) groups is 1. The Morgan fingerprint density at radius 2 is 1.76 bits per heavy atom. The Hall–Kier alpha value is -3.00. The molecule has 2 aromatic heterocycles. The number of nitrogens with one attached hydrogen (secondary N) is 3. The molecule has 0 spiro atoms. The lowest BCUT2D eigenvalue weighted by atomic mass is 9.93. The lowest BCUT2D eigenvalue weighted by Crippen LogP contribution is -2.31. The number of nitrogens with zero attached hydrogens (tertiary/aromatic N) is 5. The van der Waals surface area contributed by atoms with Crippen molar-refractivity contribution in [3.8, 4) is 6.07 Å². The van der Waals surface area contributed by atoms with Crippen LogP contribution in [0.25, 0.3) is 0 Å². The van der Waals surface area contributed by atoms with Crippen molar-refractivity contribution < 1.29 is 9.90 Å². The second kappa shape index (κ2) is 14.1. The largest absolute Gasteiger partial charge is 0.393 e. The van der Waals surface area contributed by atoms with Crippen LogP contribution >= 0.6 is 0 Å². The molecule has 4 N–H and O–H groups in total. The first-order chi connectivity index (χ1) is 14.1. The van der Waals surface area contributed by atoms with Gasteiger partial charge in [0.2, 0.25) is 0 Å². The maximum Gasteiger partial charge on any atom is 0.170 e. The Labute approximate surface area is 170 Å². The van der Waals surface area contributed by atoms with Crippen molar-refractivity contribution in [3.63, 3.8) is 0 Å².